The molecule has 22 atom stereocenters. The Labute approximate surface area is 391 Å². The normalized spacial score (nSPS) is 49.0. The number of methoxy groups -OCH3 is 9. The van der Waals surface area contributed by atoms with E-state index in [2.05, 4.69) is 47.6 Å². The van der Waals surface area contributed by atoms with Crippen molar-refractivity contribution in [2.24, 2.45) is 50.7 Å². The molecule has 7 aliphatic rings. The molecule has 0 unspecified atom stereocenters. The topological polar surface area (TPSA) is 140 Å². The van der Waals surface area contributed by atoms with E-state index in [-0.39, 0.29) is 57.7 Å². The minimum Gasteiger partial charge on any atom is -0.393 e. The number of hydrogen-bond acceptors (Lipinski definition) is 14. The van der Waals surface area contributed by atoms with Crippen molar-refractivity contribution in [1.82, 2.24) is 0 Å². The van der Waals surface area contributed by atoms with Crippen LogP contribution in [0.1, 0.15) is 99.3 Å². The fraction of sp³-hybridized carbons (Fsp3) is 0.961. The van der Waals surface area contributed by atoms with Crippen molar-refractivity contribution in [3.05, 3.63) is 11.6 Å². The third-order valence-electron chi connectivity index (χ3n) is 19.5. The SMILES string of the molecule is COC[C@H]1O[C@@H](O[C@H]2CC[C@]34C[C@]35CC[C@]3(C)[C@@H]([C@H](C)[C@H](CC=C(C)C)OC)[C@@H](O)C[C@@]3(C)[C@@H]5CC[C@H]4[C@]2(C)CO[C@@H]2O[C@H](COC)[C@@H](OC)[C@H](OC)[C@H]2OC)[C@H](OC)[C@@H](OC)[C@H]1OC. The summed E-state index contributed by atoms with van der Waals surface area (Å²) >= 11 is 0. The molecule has 14 heteroatoms. The Morgan fingerprint density at radius 1 is 0.662 bits per heavy atom. The average molecular weight is 925 g/mol. The largest absolute Gasteiger partial charge is 0.393 e. The molecular formula is C51H88O14. The van der Waals surface area contributed by atoms with Gasteiger partial charge < -0.3 is 66.7 Å². The Bertz CT molecular complexity index is 1600. The van der Waals surface area contributed by atoms with Crippen LogP contribution in [0.4, 0.5) is 0 Å². The molecule has 7 fully saturated rings. The van der Waals surface area contributed by atoms with E-state index in [1.807, 2.05) is 7.11 Å². The van der Waals surface area contributed by atoms with E-state index in [1.54, 1.807) is 56.9 Å². The summed E-state index contributed by atoms with van der Waals surface area (Å²) in [6, 6.07) is 0. The number of hydrogen-bond donors (Lipinski definition) is 1. The molecule has 14 nitrogen and oxygen atoms in total. The summed E-state index contributed by atoms with van der Waals surface area (Å²) < 4.78 is 81.6. The van der Waals surface area contributed by atoms with Crippen molar-refractivity contribution >= 4 is 0 Å². The predicted molar refractivity (Wildman–Crippen MR) is 243 cm³/mol. The molecular weight excluding hydrogens is 837 g/mol. The molecule has 7 rings (SSSR count). The zero-order chi connectivity index (χ0) is 47.3. The highest BCUT2D eigenvalue weighted by molar-refractivity contribution is 5.31. The van der Waals surface area contributed by atoms with Gasteiger partial charge in [0.15, 0.2) is 12.6 Å². The van der Waals surface area contributed by atoms with Crippen LogP contribution in [0, 0.1) is 50.7 Å². The van der Waals surface area contributed by atoms with E-state index in [0.29, 0.717) is 25.7 Å². The second-order valence-corrected chi connectivity index (χ2v) is 22.1. The molecule has 0 aromatic rings. The Morgan fingerprint density at radius 3 is 1.74 bits per heavy atom. The molecule has 376 valence electrons. The smallest absolute Gasteiger partial charge is 0.187 e. The molecule has 2 heterocycles. The summed E-state index contributed by atoms with van der Waals surface area (Å²) in [5.74, 6) is 1.18. The molecule has 0 aromatic heterocycles. The number of allylic oxidation sites excluding steroid dienone is 1. The van der Waals surface area contributed by atoms with Crippen LogP contribution in [0.2, 0.25) is 0 Å². The highest BCUT2D eigenvalue weighted by Crippen LogP contribution is 2.89. The predicted octanol–water partition coefficient (Wildman–Crippen LogP) is 6.62. The van der Waals surface area contributed by atoms with Gasteiger partial charge in [-0.1, -0.05) is 39.3 Å². The second kappa shape index (κ2) is 20.5. The first-order valence-electron chi connectivity index (χ1n) is 24.6. The van der Waals surface area contributed by atoms with Gasteiger partial charge in [-0.2, -0.15) is 0 Å². The van der Waals surface area contributed by atoms with Crippen molar-refractivity contribution in [3.8, 4) is 0 Å². The van der Waals surface area contributed by atoms with Gasteiger partial charge in [-0.3, -0.25) is 0 Å². The highest BCUT2D eigenvalue weighted by atomic mass is 16.7. The molecule has 5 saturated carbocycles. The van der Waals surface area contributed by atoms with E-state index >= 15 is 0 Å². The fourth-order valence-electron chi connectivity index (χ4n) is 16.4. The van der Waals surface area contributed by atoms with Crippen molar-refractivity contribution < 1.29 is 66.7 Å². The zero-order valence-corrected chi connectivity index (χ0v) is 42.6. The monoisotopic (exact) mass is 925 g/mol. The molecule has 0 aromatic carbocycles. The standard InChI is InChI=1S/C51H88O14/c1-29(2)16-17-32(55-9)30(3)38-31(52)24-49(6)36-19-18-35-47(4,28-62-45-43(60-14)41(58-12)39(56-10)33(63-45)25-53-7)37(20-21-50(35)27-51(36,50)23-22-48(38,49)5)65-46-44(61-15)42(59-13)40(57-11)34(64-46)26-54-8/h16,30-46,52H,17-28H2,1-15H3/t30-,31+,32+,33-,34-,35+,36+,37+,38+,39-,40+,41+,42+,43-,44-,45-,46+,47+,48-,49+,50-,51+/m1/s1. The van der Waals surface area contributed by atoms with Crippen LogP contribution < -0.4 is 0 Å². The van der Waals surface area contributed by atoms with Crippen molar-refractivity contribution in [2.45, 2.75) is 179 Å². The van der Waals surface area contributed by atoms with E-state index < -0.39 is 66.8 Å². The van der Waals surface area contributed by atoms with Crippen LogP contribution in [0.3, 0.4) is 0 Å². The fourth-order valence-corrected chi connectivity index (χ4v) is 16.4. The van der Waals surface area contributed by atoms with Crippen LogP contribution in [0.5, 0.6) is 0 Å². The zero-order valence-electron chi connectivity index (χ0n) is 42.6. The maximum absolute atomic E-state index is 12.3. The van der Waals surface area contributed by atoms with E-state index in [1.165, 1.54) is 18.4 Å². The molecule has 2 aliphatic heterocycles. The van der Waals surface area contributed by atoms with Gasteiger partial charge in [0.25, 0.3) is 0 Å². The summed E-state index contributed by atoms with van der Waals surface area (Å²) in [5, 5.41) is 12.3. The Kier molecular flexibility index (Phi) is 16.4. The molecule has 0 radical (unpaired) electrons. The van der Waals surface area contributed by atoms with E-state index in [4.69, 9.17) is 61.6 Å². The summed E-state index contributed by atoms with van der Waals surface area (Å²) in [4.78, 5) is 0. The van der Waals surface area contributed by atoms with Gasteiger partial charge in [0.1, 0.15) is 48.8 Å². The molecule has 0 amide bonds. The average Bonchev–Trinajstić information content (AvgIpc) is 3.90. The minimum atomic E-state index is -0.749. The maximum Gasteiger partial charge on any atom is 0.187 e. The van der Waals surface area contributed by atoms with Crippen LogP contribution in [0.15, 0.2) is 11.6 Å². The molecule has 2 saturated heterocycles. The number of aliphatic hydroxyl groups excluding tert-OH is 1. The number of fused-ring (bicyclic) bond motifs is 2. The summed E-state index contributed by atoms with van der Waals surface area (Å²) in [6.07, 6.45) is 5.71. The Balaban J connectivity index is 1.22. The maximum atomic E-state index is 12.3. The van der Waals surface area contributed by atoms with Crippen LogP contribution >= 0.6 is 0 Å². The van der Waals surface area contributed by atoms with Crippen molar-refractivity contribution in [3.63, 3.8) is 0 Å². The van der Waals surface area contributed by atoms with Gasteiger partial charge in [0, 0.05) is 69.4 Å². The lowest BCUT2D eigenvalue weighted by molar-refractivity contribution is -0.347. The van der Waals surface area contributed by atoms with E-state index in [9.17, 15) is 5.11 Å². The number of rotatable bonds is 20. The first-order valence-corrected chi connectivity index (χ1v) is 24.6. The van der Waals surface area contributed by atoms with E-state index in [0.717, 1.165) is 44.9 Å². The first-order chi connectivity index (χ1) is 31.0. The van der Waals surface area contributed by atoms with Crippen molar-refractivity contribution in [2.75, 3.05) is 83.8 Å². The Hall–Kier alpha value is -0.820. The van der Waals surface area contributed by atoms with Crippen LogP contribution in [0.25, 0.3) is 0 Å². The third kappa shape index (κ3) is 8.46. The van der Waals surface area contributed by atoms with Crippen LogP contribution in [-0.4, -0.2) is 169 Å². The number of ether oxygens (including phenoxy) is 13. The van der Waals surface area contributed by atoms with Gasteiger partial charge in [-0.15, -0.1) is 0 Å². The lowest BCUT2D eigenvalue weighted by Crippen LogP contribution is -2.64. The summed E-state index contributed by atoms with van der Waals surface area (Å²) in [6.45, 7) is 15.1. The molecule has 5 aliphatic carbocycles. The summed E-state index contributed by atoms with van der Waals surface area (Å²) in [5.41, 5.74) is 1.08. The first kappa shape index (κ1) is 52.0. The molecule has 1 N–H and O–H groups in total. The van der Waals surface area contributed by atoms with Gasteiger partial charge in [0.2, 0.25) is 0 Å². The van der Waals surface area contributed by atoms with Gasteiger partial charge in [0.05, 0.1) is 38.1 Å². The summed E-state index contributed by atoms with van der Waals surface area (Å²) in [7, 11) is 15.2. The quantitative estimate of drug-likeness (QED) is 0.103. The molecule has 2 spiro atoms. The highest BCUT2D eigenvalue weighted by Gasteiger charge is 2.83. The lowest BCUT2D eigenvalue weighted by Gasteiger charge is -2.64. The number of aliphatic hydroxyl groups is 1. The van der Waals surface area contributed by atoms with Crippen LogP contribution in [-0.2, 0) is 61.6 Å². The van der Waals surface area contributed by atoms with Gasteiger partial charge in [-0.25, -0.2) is 0 Å². The van der Waals surface area contributed by atoms with Gasteiger partial charge >= 0.3 is 0 Å². The Morgan fingerprint density at radius 2 is 1.20 bits per heavy atom. The lowest BCUT2D eigenvalue weighted by atomic mass is 9.41. The third-order valence-corrected chi connectivity index (χ3v) is 19.5. The van der Waals surface area contributed by atoms with Crippen molar-refractivity contribution in [1.29, 1.82) is 0 Å². The minimum absolute atomic E-state index is 0.0107. The molecule has 0 bridgehead atoms. The second-order valence-electron chi connectivity index (χ2n) is 22.1. The van der Waals surface area contributed by atoms with Gasteiger partial charge in [-0.05, 0) is 117 Å². The molecule has 65 heavy (non-hydrogen) atoms.